The van der Waals surface area contributed by atoms with Crippen LogP contribution in [0.2, 0.25) is 5.54 Å². The van der Waals surface area contributed by atoms with E-state index in [1.54, 1.807) is 0 Å². The van der Waals surface area contributed by atoms with Gasteiger partial charge in [0.25, 0.3) is 0 Å². The van der Waals surface area contributed by atoms with E-state index in [1.165, 1.54) is 0 Å². The number of rotatable bonds is 2. The van der Waals surface area contributed by atoms with Crippen LogP contribution in [0.3, 0.4) is 0 Å². The molecule has 0 aromatic carbocycles. The molecule has 0 bridgehead atoms. The van der Waals surface area contributed by atoms with Gasteiger partial charge in [-0.25, -0.2) is 0 Å². The van der Waals surface area contributed by atoms with Crippen LogP contribution in [0.1, 0.15) is 6.92 Å². The highest BCUT2D eigenvalue weighted by Gasteiger charge is 2.08. The van der Waals surface area contributed by atoms with Crippen LogP contribution in [-0.2, 0) is 4.74 Å². The van der Waals surface area contributed by atoms with Gasteiger partial charge in [-0.15, -0.1) is 0 Å². The first-order chi connectivity index (χ1) is 4.34. The quantitative estimate of drug-likeness (QED) is 0.523. The van der Waals surface area contributed by atoms with Gasteiger partial charge < -0.3 is 4.74 Å². The highest BCUT2D eigenvalue weighted by atomic mass is 28.1. The fourth-order valence-electron chi connectivity index (χ4n) is 0.765. The van der Waals surface area contributed by atoms with Crippen molar-refractivity contribution in [3.8, 4) is 0 Å². The van der Waals surface area contributed by atoms with Gasteiger partial charge in [-0.05, 0) is 13.0 Å². The lowest BCUT2D eigenvalue weighted by Crippen LogP contribution is -1.95. The molecule has 0 saturated heterocycles. The zero-order valence-electron chi connectivity index (χ0n) is 5.42. The van der Waals surface area contributed by atoms with Gasteiger partial charge in [0.1, 0.15) is 0 Å². The van der Waals surface area contributed by atoms with E-state index >= 15 is 0 Å². The van der Waals surface area contributed by atoms with E-state index in [-0.39, 0.29) is 0 Å². The van der Waals surface area contributed by atoms with Gasteiger partial charge in [0.2, 0.25) is 0 Å². The molecular weight excluding hydrogens is 128 g/mol. The van der Waals surface area contributed by atoms with Gasteiger partial charge in [-0.2, -0.15) is 0 Å². The third kappa shape index (κ3) is 1.45. The molecule has 2 heteroatoms. The van der Waals surface area contributed by atoms with Crippen molar-refractivity contribution in [2.75, 3.05) is 6.61 Å². The summed E-state index contributed by atoms with van der Waals surface area (Å²) in [5, 5.41) is 0. The Kier molecular flexibility index (Phi) is 2.11. The Hall–Kier alpha value is -0.503. The number of hydrogen-bond acceptors (Lipinski definition) is 1. The van der Waals surface area contributed by atoms with E-state index in [2.05, 4.69) is 10.2 Å². The van der Waals surface area contributed by atoms with Crippen molar-refractivity contribution in [2.24, 2.45) is 0 Å². The number of hydrogen-bond donors (Lipinski definition) is 0. The van der Waals surface area contributed by atoms with Crippen molar-refractivity contribution in [3.63, 3.8) is 0 Å². The van der Waals surface area contributed by atoms with Gasteiger partial charge >= 0.3 is 0 Å². The highest BCUT2D eigenvalue weighted by Crippen LogP contribution is 2.21. The summed E-state index contributed by atoms with van der Waals surface area (Å²) in [6.07, 6.45) is 6.01. The molecule has 47 valence electrons. The molecule has 0 fully saturated rings. The molecule has 3 radical (unpaired) electrons. The van der Waals surface area contributed by atoms with E-state index in [9.17, 15) is 0 Å². The molecule has 0 saturated carbocycles. The molecule has 1 unspecified atom stereocenters. The average molecular weight is 137 g/mol. The maximum atomic E-state index is 5.27. The monoisotopic (exact) mass is 137 g/mol. The summed E-state index contributed by atoms with van der Waals surface area (Å²) in [4.78, 5) is 0. The SMILES string of the molecule is CCOC1=CC=CC1[Si]. The van der Waals surface area contributed by atoms with E-state index in [0.717, 1.165) is 12.4 Å². The molecule has 0 aromatic heterocycles. The Morgan fingerprint density at radius 3 is 3.00 bits per heavy atom. The van der Waals surface area contributed by atoms with Crippen molar-refractivity contribution in [2.45, 2.75) is 12.5 Å². The molecule has 1 rings (SSSR count). The fourth-order valence-corrected chi connectivity index (χ4v) is 1.06. The maximum absolute atomic E-state index is 5.27. The zero-order valence-corrected chi connectivity index (χ0v) is 6.42. The lowest BCUT2D eigenvalue weighted by Gasteiger charge is -2.07. The normalized spacial score (nSPS) is 24.2. The second kappa shape index (κ2) is 2.87. The van der Waals surface area contributed by atoms with E-state index < -0.39 is 0 Å². The Balaban J connectivity index is 2.44. The van der Waals surface area contributed by atoms with Crippen molar-refractivity contribution in [1.29, 1.82) is 0 Å². The average Bonchev–Trinajstić information content (AvgIpc) is 2.18. The molecule has 0 heterocycles. The van der Waals surface area contributed by atoms with Crippen molar-refractivity contribution in [1.82, 2.24) is 0 Å². The summed E-state index contributed by atoms with van der Waals surface area (Å²) in [6, 6.07) is 0. The second-order valence-corrected chi connectivity index (χ2v) is 2.49. The first-order valence-electron chi connectivity index (χ1n) is 3.07. The Morgan fingerprint density at radius 1 is 1.78 bits per heavy atom. The predicted octanol–water partition coefficient (Wildman–Crippen LogP) is 1.43. The van der Waals surface area contributed by atoms with Gasteiger partial charge in [-0.1, -0.05) is 12.2 Å². The van der Waals surface area contributed by atoms with Gasteiger partial charge in [0, 0.05) is 15.8 Å². The summed E-state index contributed by atoms with van der Waals surface area (Å²) in [5.41, 5.74) is 0.296. The molecule has 0 aromatic rings. The Bertz CT molecular complexity index is 149. The zero-order chi connectivity index (χ0) is 6.69. The standard InChI is InChI=1S/C7H9OSi/c1-2-8-6-4-3-5-7(6)9/h3-5,7H,2H2,1H3. The van der Waals surface area contributed by atoms with Crippen LogP contribution in [-0.4, -0.2) is 16.8 Å². The summed E-state index contributed by atoms with van der Waals surface area (Å²) in [7, 11) is 3.47. The van der Waals surface area contributed by atoms with Crippen LogP contribution >= 0.6 is 0 Å². The maximum Gasteiger partial charge on any atom is 0.0992 e. The smallest absolute Gasteiger partial charge is 0.0992 e. The molecule has 1 aliphatic carbocycles. The molecule has 1 nitrogen and oxygen atoms in total. The molecule has 0 N–H and O–H groups in total. The van der Waals surface area contributed by atoms with Crippen molar-refractivity contribution >= 4 is 10.2 Å². The van der Waals surface area contributed by atoms with Crippen LogP contribution in [0.4, 0.5) is 0 Å². The minimum absolute atomic E-state index is 0.296. The largest absolute Gasteiger partial charge is 0.498 e. The minimum Gasteiger partial charge on any atom is -0.498 e. The van der Waals surface area contributed by atoms with Crippen LogP contribution in [0.5, 0.6) is 0 Å². The van der Waals surface area contributed by atoms with Crippen LogP contribution in [0, 0.1) is 0 Å². The van der Waals surface area contributed by atoms with E-state index in [4.69, 9.17) is 4.74 Å². The third-order valence-corrected chi connectivity index (χ3v) is 1.66. The summed E-state index contributed by atoms with van der Waals surface area (Å²) in [6.45, 7) is 2.73. The molecule has 1 atom stereocenters. The molecular formula is C7H9OSi. The van der Waals surface area contributed by atoms with Crippen LogP contribution in [0.25, 0.3) is 0 Å². The van der Waals surface area contributed by atoms with Crippen molar-refractivity contribution in [3.05, 3.63) is 24.0 Å². The highest BCUT2D eigenvalue weighted by molar-refractivity contribution is 6.15. The molecule has 0 aliphatic heterocycles. The Morgan fingerprint density at radius 2 is 2.56 bits per heavy atom. The van der Waals surface area contributed by atoms with Gasteiger partial charge in [-0.3, -0.25) is 0 Å². The fraction of sp³-hybridized carbons (Fsp3) is 0.429. The summed E-state index contributed by atoms with van der Waals surface area (Å²) < 4.78 is 5.27. The van der Waals surface area contributed by atoms with Gasteiger partial charge in [0.15, 0.2) is 0 Å². The second-order valence-electron chi connectivity index (χ2n) is 1.86. The lowest BCUT2D eigenvalue weighted by atomic mass is 10.4. The predicted molar refractivity (Wildman–Crippen MR) is 38.4 cm³/mol. The van der Waals surface area contributed by atoms with Gasteiger partial charge in [0.05, 0.1) is 12.4 Å². The summed E-state index contributed by atoms with van der Waals surface area (Å²) >= 11 is 0. The molecule has 1 aliphatic rings. The molecule has 0 amide bonds. The summed E-state index contributed by atoms with van der Waals surface area (Å²) in [5.74, 6) is 1.01. The Labute approximate surface area is 58.8 Å². The molecule has 0 spiro atoms. The first-order valence-corrected chi connectivity index (χ1v) is 3.64. The van der Waals surface area contributed by atoms with E-state index in [0.29, 0.717) is 5.54 Å². The number of allylic oxidation sites excluding steroid dienone is 3. The van der Waals surface area contributed by atoms with E-state index in [1.807, 2.05) is 25.2 Å². The lowest BCUT2D eigenvalue weighted by molar-refractivity contribution is 0.226. The third-order valence-electron chi connectivity index (χ3n) is 1.18. The van der Waals surface area contributed by atoms with Crippen LogP contribution in [0.15, 0.2) is 24.0 Å². The van der Waals surface area contributed by atoms with Crippen LogP contribution < -0.4 is 0 Å². The minimum atomic E-state index is 0.296. The van der Waals surface area contributed by atoms with Crippen molar-refractivity contribution < 1.29 is 4.74 Å². The topological polar surface area (TPSA) is 9.23 Å². The number of ether oxygens (including phenoxy) is 1. The first kappa shape index (κ1) is 6.61. The molecule has 9 heavy (non-hydrogen) atoms.